The predicted molar refractivity (Wildman–Crippen MR) is 108 cm³/mol. The third kappa shape index (κ3) is 3.32. The fourth-order valence-corrected chi connectivity index (χ4v) is 3.40. The molecule has 0 saturated carbocycles. The summed E-state index contributed by atoms with van der Waals surface area (Å²) in [6.07, 6.45) is 0. The third-order valence-corrected chi connectivity index (χ3v) is 5.14. The summed E-state index contributed by atoms with van der Waals surface area (Å²) < 4.78 is 0.940. The molecule has 0 saturated heterocycles. The van der Waals surface area contributed by atoms with Crippen molar-refractivity contribution in [2.45, 2.75) is 52.4 Å². The van der Waals surface area contributed by atoms with Crippen molar-refractivity contribution < 1.29 is 5.11 Å². The minimum absolute atomic E-state index is 0.0188. The van der Waals surface area contributed by atoms with Gasteiger partial charge in [0, 0.05) is 10.0 Å². The Hall–Kier alpha value is -1.81. The number of nitrogens with zero attached hydrogens (tertiary/aromatic N) is 1. The summed E-state index contributed by atoms with van der Waals surface area (Å²) in [7, 11) is 0. The second kappa shape index (κ2) is 5.87. The number of rotatable bonds is 1. The number of benzene rings is 2. The van der Waals surface area contributed by atoms with E-state index in [-0.39, 0.29) is 10.8 Å². The lowest BCUT2D eigenvalue weighted by Gasteiger charge is -2.27. The number of para-hydroxylation sites is 1. The molecule has 3 rings (SSSR count). The van der Waals surface area contributed by atoms with E-state index in [0.717, 1.165) is 26.6 Å². The van der Waals surface area contributed by atoms with Gasteiger partial charge >= 0.3 is 0 Å². The van der Waals surface area contributed by atoms with E-state index in [9.17, 15) is 5.11 Å². The van der Waals surface area contributed by atoms with Crippen molar-refractivity contribution in [2.24, 2.45) is 0 Å². The summed E-state index contributed by atoms with van der Waals surface area (Å²) >= 11 is 3.55. The number of aromatic hydroxyl groups is 1. The molecule has 0 amide bonds. The van der Waals surface area contributed by atoms with Crippen LogP contribution in [0.15, 0.2) is 34.8 Å². The molecular formula is C21H25BrN2O. The first kappa shape index (κ1) is 18.0. The topological polar surface area (TPSA) is 48.9 Å². The van der Waals surface area contributed by atoms with Crippen molar-refractivity contribution in [3.05, 3.63) is 45.9 Å². The highest BCUT2D eigenvalue weighted by atomic mass is 79.9. The number of phenolic OH excluding ortho intramolecular Hbond substituents is 1. The van der Waals surface area contributed by atoms with E-state index < -0.39 is 0 Å². The number of aromatic nitrogens is 2. The summed E-state index contributed by atoms with van der Waals surface area (Å²) in [5, 5.41) is 11.0. The average molecular weight is 401 g/mol. The van der Waals surface area contributed by atoms with Crippen molar-refractivity contribution in [3.63, 3.8) is 0 Å². The molecule has 0 atom stereocenters. The van der Waals surface area contributed by atoms with Crippen LogP contribution in [0.2, 0.25) is 0 Å². The van der Waals surface area contributed by atoms with Crippen LogP contribution in [0.4, 0.5) is 0 Å². The normalized spacial score (nSPS) is 12.8. The number of phenols is 1. The van der Waals surface area contributed by atoms with Crippen molar-refractivity contribution in [2.75, 3.05) is 0 Å². The fraction of sp³-hybridized carbons (Fsp3) is 0.381. The van der Waals surface area contributed by atoms with Crippen LogP contribution in [0.1, 0.15) is 52.7 Å². The molecule has 0 spiro atoms. The number of H-pyrrole nitrogens is 1. The molecule has 3 nitrogen and oxygen atoms in total. The number of nitrogens with one attached hydrogen (secondary N) is 1. The van der Waals surface area contributed by atoms with Crippen LogP contribution in [0, 0.1) is 0 Å². The van der Waals surface area contributed by atoms with Gasteiger partial charge in [-0.05, 0) is 50.5 Å². The maximum Gasteiger partial charge on any atom is 0.142 e. The molecule has 1 aromatic heterocycles. The van der Waals surface area contributed by atoms with Gasteiger partial charge in [0.25, 0.3) is 0 Å². The van der Waals surface area contributed by atoms with Crippen LogP contribution in [-0.2, 0) is 10.8 Å². The van der Waals surface area contributed by atoms with Crippen molar-refractivity contribution >= 4 is 27.0 Å². The molecule has 0 aliphatic carbocycles. The lowest BCUT2D eigenvalue weighted by molar-refractivity contribution is 0.446. The number of aromatic amines is 1. The first-order valence-electron chi connectivity index (χ1n) is 8.51. The molecule has 0 aliphatic rings. The Balaban J connectivity index is 2.32. The number of halogens is 1. The van der Waals surface area contributed by atoms with E-state index in [0.29, 0.717) is 11.6 Å². The molecule has 2 aromatic carbocycles. The Labute approximate surface area is 157 Å². The highest BCUT2D eigenvalue weighted by Gasteiger charge is 2.26. The summed E-state index contributed by atoms with van der Waals surface area (Å²) in [4.78, 5) is 8.08. The van der Waals surface area contributed by atoms with Crippen molar-refractivity contribution in [3.8, 4) is 17.1 Å². The SMILES string of the molecule is CC(C)(C)c1cc(-c2nc3c(Br)cccc3[nH]2)c(O)c(C(C)(C)C)c1. The smallest absolute Gasteiger partial charge is 0.142 e. The van der Waals surface area contributed by atoms with Crippen LogP contribution in [0.5, 0.6) is 5.75 Å². The maximum atomic E-state index is 11.0. The van der Waals surface area contributed by atoms with E-state index in [2.05, 4.69) is 74.6 Å². The van der Waals surface area contributed by atoms with Gasteiger partial charge in [-0.3, -0.25) is 0 Å². The highest BCUT2D eigenvalue weighted by Crippen LogP contribution is 2.41. The minimum atomic E-state index is -0.160. The van der Waals surface area contributed by atoms with Crippen LogP contribution >= 0.6 is 15.9 Å². The Morgan fingerprint density at radius 1 is 1.00 bits per heavy atom. The standard InChI is InChI=1S/C21H25BrN2O/c1-20(2,3)12-10-13(18(25)14(11-12)21(4,5)6)19-23-16-9-7-8-15(22)17(16)24-19/h7-11,25H,1-6H3,(H,23,24). The Bertz CT molecular complexity index is 943. The average Bonchev–Trinajstić information content (AvgIpc) is 2.90. The lowest BCUT2D eigenvalue weighted by atomic mass is 9.79. The molecule has 4 heteroatoms. The monoisotopic (exact) mass is 400 g/mol. The highest BCUT2D eigenvalue weighted by molar-refractivity contribution is 9.10. The Kier molecular flexibility index (Phi) is 4.23. The number of hydrogen-bond acceptors (Lipinski definition) is 2. The molecule has 25 heavy (non-hydrogen) atoms. The largest absolute Gasteiger partial charge is 0.507 e. The lowest BCUT2D eigenvalue weighted by Crippen LogP contribution is -2.17. The molecule has 0 fully saturated rings. The first-order valence-corrected chi connectivity index (χ1v) is 9.30. The molecule has 3 aromatic rings. The van der Waals surface area contributed by atoms with Gasteiger partial charge in [0.1, 0.15) is 17.1 Å². The van der Waals surface area contributed by atoms with Gasteiger partial charge < -0.3 is 10.1 Å². The molecule has 2 N–H and O–H groups in total. The van der Waals surface area contributed by atoms with Crippen LogP contribution < -0.4 is 0 Å². The van der Waals surface area contributed by atoms with E-state index in [1.807, 2.05) is 18.2 Å². The summed E-state index contributed by atoms with van der Waals surface area (Å²) in [6.45, 7) is 12.9. The number of imidazole rings is 1. The molecular weight excluding hydrogens is 376 g/mol. The first-order chi connectivity index (χ1) is 11.5. The van der Waals surface area contributed by atoms with Gasteiger partial charge in [0.15, 0.2) is 0 Å². The zero-order valence-corrected chi connectivity index (χ0v) is 17.2. The van der Waals surface area contributed by atoms with Gasteiger partial charge in [-0.25, -0.2) is 4.98 Å². The molecule has 0 unspecified atom stereocenters. The summed E-state index contributed by atoms with van der Waals surface area (Å²) in [5.41, 5.74) is 4.51. The van der Waals surface area contributed by atoms with E-state index in [1.54, 1.807) is 0 Å². The van der Waals surface area contributed by atoms with E-state index in [4.69, 9.17) is 4.98 Å². The maximum absolute atomic E-state index is 11.0. The van der Waals surface area contributed by atoms with E-state index in [1.165, 1.54) is 5.56 Å². The Morgan fingerprint density at radius 2 is 1.68 bits per heavy atom. The van der Waals surface area contributed by atoms with Crippen LogP contribution in [-0.4, -0.2) is 15.1 Å². The van der Waals surface area contributed by atoms with Crippen molar-refractivity contribution in [1.82, 2.24) is 9.97 Å². The van der Waals surface area contributed by atoms with E-state index >= 15 is 0 Å². The van der Waals surface area contributed by atoms with Gasteiger partial charge in [-0.2, -0.15) is 0 Å². The predicted octanol–water partition coefficient (Wildman–Crippen LogP) is 6.29. The Morgan fingerprint density at radius 3 is 2.24 bits per heavy atom. The minimum Gasteiger partial charge on any atom is -0.507 e. The summed E-state index contributed by atoms with van der Waals surface area (Å²) in [6, 6.07) is 10.1. The second-order valence-electron chi connectivity index (χ2n) is 8.64. The van der Waals surface area contributed by atoms with Crippen LogP contribution in [0.3, 0.4) is 0 Å². The summed E-state index contributed by atoms with van der Waals surface area (Å²) in [5.74, 6) is 0.992. The van der Waals surface area contributed by atoms with Gasteiger partial charge in [0.2, 0.25) is 0 Å². The van der Waals surface area contributed by atoms with Gasteiger partial charge in [-0.1, -0.05) is 53.7 Å². The number of hydrogen-bond donors (Lipinski definition) is 2. The molecule has 132 valence electrons. The van der Waals surface area contributed by atoms with Crippen molar-refractivity contribution in [1.29, 1.82) is 0 Å². The van der Waals surface area contributed by atoms with Gasteiger partial charge in [0.05, 0.1) is 11.1 Å². The zero-order valence-electron chi connectivity index (χ0n) is 15.7. The van der Waals surface area contributed by atoms with Gasteiger partial charge in [-0.15, -0.1) is 0 Å². The fourth-order valence-electron chi connectivity index (χ4n) is 2.94. The molecule has 1 heterocycles. The molecule has 0 aliphatic heterocycles. The molecule has 0 radical (unpaired) electrons. The zero-order chi connectivity index (χ0) is 18.6. The molecule has 0 bridgehead atoms. The third-order valence-electron chi connectivity index (χ3n) is 4.50. The van der Waals surface area contributed by atoms with Crippen LogP contribution in [0.25, 0.3) is 22.4 Å². The number of fused-ring (bicyclic) bond motifs is 1. The quantitative estimate of drug-likeness (QED) is 0.503. The second-order valence-corrected chi connectivity index (χ2v) is 9.50.